The number of nitrogens with one attached hydrogen (secondary N) is 1. The SMILES string of the molecule is CCOC(=O)c1ccc(N2C(=O)C[C@H]([NH2+]CCC[NH+]3CCCCC3)C2=O)cc1. The molecule has 0 spiro atoms. The van der Waals surface area contributed by atoms with Crippen LogP contribution in [0.25, 0.3) is 0 Å². The van der Waals surface area contributed by atoms with Gasteiger partial charge < -0.3 is 15.0 Å². The second-order valence-corrected chi connectivity index (χ2v) is 7.58. The Hall–Kier alpha value is -2.25. The number of ether oxygens (including phenoxy) is 1. The summed E-state index contributed by atoms with van der Waals surface area (Å²) in [6, 6.07) is 6.10. The number of esters is 1. The summed E-state index contributed by atoms with van der Waals surface area (Å²) in [5.41, 5.74) is 0.921. The molecule has 0 bridgehead atoms. The second-order valence-electron chi connectivity index (χ2n) is 7.58. The van der Waals surface area contributed by atoms with Crippen molar-refractivity contribution < 1.29 is 29.3 Å². The molecule has 3 rings (SSSR count). The Balaban J connectivity index is 1.50. The highest BCUT2D eigenvalue weighted by Gasteiger charge is 2.42. The summed E-state index contributed by atoms with van der Waals surface area (Å²) in [6.45, 7) is 6.58. The number of nitrogens with two attached hydrogens (primary N) is 1. The van der Waals surface area contributed by atoms with Crippen LogP contribution in [0.5, 0.6) is 0 Å². The molecule has 0 unspecified atom stereocenters. The lowest BCUT2D eigenvalue weighted by atomic mass is 10.1. The first-order chi connectivity index (χ1) is 13.6. The van der Waals surface area contributed by atoms with Crippen LogP contribution in [0, 0.1) is 0 Å². The molecule has 1 atom stereocenters. The van der Waals surface area contributed by atoms with Crippen molar-refractivity contribution in [2.45, 2.75) is 45.1 Å². The molecule has 2 aliphatic heterocycles. The third kappa shape index (κ3) is 4.97. The third-order valence-electron chi connectivity index (χ3n) is 5.56. The number of piperidine rings is 1. The summed E-state index contributed by atoms with van der Waals surface area (Å²) >= 11 is 0. The molecule has 7 nitrogen and oxygen atoms in total. The molecule has 152 valence electrons. The predicted octanol–water partition coefficient (Wildman–Crippen LogP) is -0.482. The lowest BCUT2D eigenvalue weighted by Crippen LogP contribution is -3.13. The van der Waals surface area contributed by atoms with Crippen molar-refractivity contribution in [1.29, 1.82) is 0 Å². The molecule has 7 heteroatoms. The van der Waals surface area contributed by atoms with Crippen LogP contribution in [-0.2, 0) is 14.3 Å². The summed E-state index contributed by atoms with van der Waals surface area (Å²) in [4.78, 5) is 39.7. The van der Waals surface area contributed by atoms with Gasteiger partial charge in [-0.25, -0.2) is 9.69 Å². The Morgan fingerprint density at radius 3 is 2.57 bits per heavy atom. The number of amides is 2. The van der Waals surface area contributed by atoms with Gasteiger partial charge in [0.15, 0.2) is 6.04 Å². The molecular formula is C21H31N3O4+2. The van der Waals surface area contributed by atoms with Gasteiger partial charge in [-0.1, -0.05) is 0 Å². The highest BCUT2D eigenvalue weighted by atomic mass is 16.5. The quantitative estimate of drug-likeness (QED) is 0.357. The number of carbonyl (C=O) groups is 3. The van der Waals surface area contributed by atoms with E-state index in [2.05, 4.69) is 0 Å². The number of benzene rings is 1. The van der Waals surface area contributed by atoms with Gasteiger partial charge in [-0.05, 0) is 50.5 Å². The van der Waals surface area contributed by atoms with Crippen molar-refractivity contribution in [2.75, 3.05) is 37.7 Å². The van der Waals surface area contributed by atoms with Gasteiger partial charge in [0.1, 0.15) is 0 Å². The zero-order valence-electron chi connectivity index (χ0n) is 16.6. The van der Waals surface area contributed by atoms with Gasteiger partial charge in [-0.3, -0.25) is 9.59 Å². The van der Waals surface area contributed by atoms with E-state index in [1.807, 2.05) is 5.32 Å². The maximum absolute atomic E-state index is 12.7. The highest BCUT2D eigenvalue weighted by molar-refractivity contribution is 6.21. The molecule has 2 fully saturated rings. The van der Waals surface area contributed by atoms with E-state index < -0.39 is 5.97 Å². The van der Waals surface area contributed by atoms with Gasteiger partial charge in [0.05, 0.1) is 50.5 Å². The molecule has 2 heterocycles. The number of quaternary nitrogens is 2. The summed E-state index contributed by atoms with van der Waals surface area (Å²) in [6.07, 6.45) is 5.28. The molecular weight excluding hydrogens is 358 g/mol. The van der Waals surface area contributed by atoms with Crippen molar-refractivity contribution in [3.8, 4) is 0 Å². The molecule has 1 aromatic rings. The zero-order valence-corrected chi connectivity index (χ0v) is 16.6. The van der Waals surface area contributed by atoms with Gasteiger partial charge in [0.25, 0.3) is 5.91 Å². The molecule has 0 aromatic heterocycles. The molecule has 0 radical (unpaired) electrons. The van der Waals surface area contributed by atoms with E-state index in [9.17, 15) is 14.4 Å². The number of nitrogens with zero attached hydrogens (tertiary/aromatic N) is 1. The summed E-state index contributed by atoms with van der Waals surface area (Å²) < 4.78 is 4.96. The van der Waals surface area contributed by atoms with E-state index in [1.165, 1.54) is 37.3 Å². The normalized spacial score (nSPS) is 20.6. The first-order valence-electron chi connectivity index (χ1n) is 10.4. The van der Waals surface area contributed by atoms with Crippen LogP contribution in [0.3, 0.4) is 0 Å². The van der Waals surface area contributed by atoms with Gasteiger partial charge >= 0.3 is 5.97 Å². The minimum atomic E-state index is -0.407. The van der Waals surface area contributed by atoms with Crippen molar-refractivity contribution in [2.24, 2.45) is 0 Å². The Morgan fingerprint density at radius 2 is 1.89 bits per heavy atom. The van der Waals surface area contributed by atoms with Gasteiger partial charge in [0.2, 0.25) is 5.91 Å². The maximum atomic E-state index is 12.7. The fraction of sp³-hybridized carbons (Fsp3) is 0.571. The number of rotatable bonds is 8. The van der Waals surface area contributed by atoms with E-state index in [-0.39, 0.29) is 24.3 Å². The van der Waals surface area contributed by atoms with E-state index in [4.69, 9.17) is 4.74 Å². The Kier molecular flexibility index (Phi) is 7.17. The maximum Gasteiger partial charge on any atom is 0.338 e. The molecule has 2 amide bonds. The van der Waals surface area contributed by atoms with E-state index >= 15 is 0 Å². The van der Waals surface area contributed by atoms with Crippen LogP contribution in [0.15, 0.2) is 24.3 Å². The number of carbonyl (C=O) groups excluding carboxylic acids is 3. The van der Waals surface area contributed by atoms with E-state index in [0.29, 0.717) is 17.9 Å². The Bertz CT molecular complexity index is 698. The molecule has 2 saturated heterocycles. The average molecular weight is 389 g/mol. The zero-order chi connectivity index (χ0) is 19.9. The van der Waals surface area contributed by atoms with Gasteiger partial charge in [-0.15, -0.1) is 0 Å². The van der Waals surface area contributed by atoms with Crippen molar-refractivity contribution >= 4 is 23.5 Å². The van der Waals surface area contributed by atoms with E-state index in [0.717, 1.165) is 19.5 Å². The highest BCUT2D eigenvalue weighted by Crippen LogP contribution is 2.22. The Labute approximate surface area is 166 Å². The minimum absolute atomic E-state index is 0.167. The second kappa shape index (κ2) is 9.80. The topological polar surface area (TPSA) is 84.7 Å². The predicted molar refractivity (Wildman–Crippen MR) is 104 cm³/mol. The summed E-state index contributed by atoms with van der Waals surface area (Å²) in [5, 5.41) is 2.01. The standard InChI is InChI=1S/C21H29N3O4/c1-2-28-21(27)16-7-9-17(10-8-16)24-19(25)15-18(20(24)26)22-11-6-14-23-12-4-3-5-13-23/h7-10,18,22H,2-6,11-15H2,1H3/p+2/t18-/m0/s1. The van der Waals surface area contributed by atoms with Crippen LogP contribution in [0.1, 0.15) is 49.4 Å². The fourth-order valence-corrected chi connectivity index (χ4v) is 4.04. The van der Waals surface area contributed by atoms with Crippen molar-refractivity contribution in [3.63, 3.8) is 0 Å². The Morgan fingerprint density at radius 1 is 1.18 bits per heavy atom. The van der Waals surface area contributed by atoms with Crippen molar-refractivity contribution in [3.05, 3.63) is 29.8 Å². The lowest BCUT2D eigenvalue weighted by molar-refractivity contribution is -0.906. The van der Waals surface area contributed by atoms with Crippen LogP contribution in [-0.4, -0.2) is 56.6 Å². The first-order valence-corrected chi connectivity index (χ1v) is 10.4. The molecule has 0 aliphatic carbocycles. The molecule has 2 aliphatic rings. The van der Waals surface area contributed by atoms with E-state index in [1.54, 1.807) is 36.1 Å². The monoisotopic (exact) mass is 389 g/mol. The van der Waals surface area contributed by atoms with Gasteiger partial charge in [0, 0.05) is 6.42 Å². The molecule has 1 aromatic carbocycles. The summed E-state index contributed by atoms with van der Waals surface area (Å²) in [7, 11) is 0. The fourth-order valence-electron chi connectivity index (χ4n) is 4.04. The number of imide groups is 1. The lowest BCUT2D eigenvalue weighted by Gasteiger charge is -2.23. The van der Waals surface area contributed by atoms with Crippen LogP contribution in [0.4, 0.5) is 5.69 Å². The molecule has 28 heavy (non-hydrogen) atoms. The van der Waals surface area contributed by atoms with Crippen LogP contribution in [0.2, 0.25) is 0 Å². The number of hydrogen-bond acceptors (Lipinski definition) is 4. The average Bonchev–Trinajstić information content (AvgIpc) is 2.99. The van der Waals surface area contributed by atoms with Gasteiger partial charge in [-0.2, -0.15) is 0 Å². The third-order valence-corrected chi connectivity index (χ3v) is 5.56. The van der Waals surface area contributed by atoms with Crippen molar-refractivity contribution in [1.82, 2.24) is 0 Å². The largest absolute Gasteiger partial charge is 0.462 e. The number of likely N-dealkylation sites (tertiary alicyclic amines) is 1. The summed E-state index contributed by atoms with van der Waals surface area (Å²) in [5.74, 6) is -0.758. The first kappa shape index (κ1) is 20.5. The number of anilines is 1. The number of hydrogen-bond donors (Lipinski definition) is 2. The smallest absolute Gasteiger partial charge is 0.338 e. The van der Waals surface area contributed by atoms with Crippen LogP contribution >= 0.6 is 0 Å². The minimum Gasteiger partial charge on any atom is -0.462 e. The molecule has 3 N–H and O–H groups in total. The van der Waals surface area contributed by atoms with Crippen LogP contribution < -0.4 is 15.1 Å². The molecule has 0 saturated carbocycles.